The molecule has 9 nitrogen and oxygen atoms in total. The lowest BCUT2D eigenvalue weighted by atomic mass is 10.1. The smallest absolute Gasteiger partial charge is 0.272 e. The van der Waals surface area contributed by atoms with Crippen molar-refractivity contribution in [3.8, 4) is 22.8 Å². The van der Waals surface area contributed by atoms with E-state index < -0.39 is 11.8 Å². The molecule has 0 radical (unpaired) electrons. The van der Waals surface area contributed by atoms with Crippen molar-refractivity contribution in [1.82, 2.24) is 5.32 Å². The molecule has 5 aromatic rings. The molecule has 256 valence electrons. The predicted octanol–water partition coefficient (Wildman–Crippen LogP) is 8.66. The molecule has 1 aromatic heterocycles. The molecule has 0 bridgehead atoms. The Morgan fingerprint density at radius 2 is 1.50 bits per heavy atom. The van der Waals surface area contributed by atoms with Gasteiger partial charge in [-0.3, -0.25) is 14.4 Å². The Balaban J connectivity index is 1.24. The van der Waals surface area contributed by atoms with E-state index in [0.29, 0.717) is 40.8 Å². The number of carbonyl (C=O) groups excluding carboxylic acids is 3. The Morgan fingerprint density at radius 3 is 2.22 bits per heavy atom. The Hall–Kier alpha value is -5.74. The van der Waals surface area contributed by atoms with E-state index in [-0.39, 0.29) is 16.9 Å². The van der Waals surface area contributed by atoms with Gasteiger partial charge in [0.2, 0.25) is 5.91 Å². The van der Waals surface area contributed by atoms with Gasteiger partial charge in [0.1, 0.15) is 28.7 Å². The van der Waals surface area contributed by atoms with E-state index in [1.807, 2.05) is 67.6 Å². The number of anilines is 2. The van der Waals surface area contributed by atoms with Crippen molar-refractivity contribution in [3.63, 3.8) is 0 Å². The molecule has 4 aromatic carbocycles. The summed E-state index contributed by atoms with van der Waals surface area (Å²) < 4.78 is 17.2. The molecule has 0 aliphatic rings. The summed E-state index contributed by atoms with van der Waals surface area (Å²) in [5, 5.41) is 8.14. The van der Waals surface area contributed by atoms with Crippen molar-refractivity contribution in [2.75, 3.05) is 24.4 Å². The van der Waals surface area contributed by atoms with Crippen molar-refractivity contribution in [3.05, 3.63) is 132 Å². The summed E-state index contributed by atoms with van der Waals surface area (Å²) in [5.41, 5.74) is 2.34. The number of hydrogen-bond donors (Lipinski definition) is 3. The standard InChI is InChI=1S/C40H39N3O6S/c1-4-5-25-48-31-19-15-29(16-20-31)41-38(44)27(2)50-33-22-17-30(18-23-33)42-40(46)35(43-39(45)28-11-7-6-8-12-28)26-32-21-24-37(49-32)34-13-9-10-14-36(34)47-3/h6-24,26-27H,4-5,25H2,1-3H3,(H,41,44)(H,42,46)(H,43,45)/b35-26-/t27-/m0/s1. The number of rotatable bonds is 15. The van der Waals surface area contributed by atoms with Gasteiger partial charge >= 0.3 is 0 Å². The van der Waals surface area contributed by atoms with Crippen LogP contribution in [0.2, 0.25) is 0 Å². The van der Waals surface area contributed by atoms with Crippen molar-refractivity contribution in [1.29, 1.82) is 0 Å². The summed E-state index contributed by atoms with van der Waals surface area (Å²) in [6, 6.07) is 34.0. The average Bonchev–Trinajstić information content (AvgIpc) is 3.61. The lowest BCUT2D eigenvalue weighted by Crippen LogP contribution is -2.30. The molecular weight excluding hydrogens is 651 g/mol. The number of thioether (sulfide) groups is 1. The molecule has 1 heterocycles. The number of amides is 3. The number of ether oxygens (including phenoxy) is 2. The van der Waals surface area contributed by atoms with Crippen LogP contribution < -0.4 is 25.4 Å². The van der Waals surface area contributed by atoms with Crippen molar-refractivity contribution in [2.24, 2.45) is 0 Å². The summed E-state index contributed by atoms with van der Waals surface area (Å²) in [6.45, 7) is 4.61. The van der Waals surface area contributed by atoms with Crippen LogP contribution in [0.15, 0.2) is 130 Å². The predicted molar refractivity (Wildman–Crippen MR) is 198 cm³/mol. The van der Waals surface area contributed by atoms with Gasteiger partial charge in [-0.25, -0.2) is 0 Å². The quantitative estimate of drug-likeness (QED) is 0.0572. The molecule has 0 spiro atoms. The molecule has 10 heteroatoms. The van der Waals surface area contributed by atoms with Gasteiger partial charge in [0, 0.05) is 27.9 Å². The number of methoxy groups -OCH3 is 1. The van der Waals surface area contributed by atoms with Gasteiger partial charge < -0.3 is 29.8 Å². The van der Waals surface area contributed by atoms with E-state index >= 15 is 0 Å². The van der Waals surface area contributed by atoms with Gasteiger partial charge in [0.05, 0.1) is 24.5 Å². The summed E-state index contributed by atoms with van der Waals surface area (Å²) in [5.74, 6) is 1.19. The van der Waals surface area contributed by atoms with Gasteiger partial charge in [0.25, 0.3) is 11.8 Å². The first kappa shape index (κ1) is 35.6. The molecule has 0 aliphatic carbocycles. The van der Waals surface area contributed by atoms with Crippen LogP contribution in [0.1, 0.15) is 42.8 Å². The summed E-state index contributed by atoms with van der Waals surface area (Å²) in [7, 11) is 1.58. The third-order valence-corrected chi connectivity index (χ3v) is 8.61. The first-order chi connectivity index (χ1) is 24.3. The first-order valence-electron chi connectivity index (χ1n) is 16.3. The summed E-state index contributed by atoms with van der Waals surface area (Å²) in [6.07, 6.45) is 3.53. The third kappa shape index (κ3) is 9.90. The fourth-order valence-electron chi connectivity index (χ4n) is 4.79. The maximum absolute atomic E-state index is 13.6. The van der Waals surface area contributed by atoms with Crippen LogP contribution in [0.25, 0.3) is 17.4 Å². The van der Waals surface area contributed by atoms with E-state index in [4.69, 9.17) is 13.9 Å². The highest BCUT2D eigenvalue weighted by Gasteiger charge is 2.18. The summed E-state index contributed by atoms with van der Waals surface area (Å²) >= 11 is 1.39. The lowest BCUT2D eigenvalue weighted by Gasteiger charge is -2.14. The third-order valence-electron chi connectivity index (χ3n) is 7.50. The van der Waals surface area contributed by atoms with Crippen LogP contribution in [0.5, 0.6) is 11.5 Å². The molecule has 0 saturated carbocycles. The minimum absolute atomic E-state index is 0.0101. The Morgan fingerprint density at radius 1 is 0.820 bits per heavy atom. The molecule has 1 atom stereocenters. The zero-order valence-electron chi connectivity index (χ0n) is 28.1. The molecular formula is C40H39N3O6S. The van der Waals surface area contributed by atoms with E-state index in [9.17, 15) is 14.4 Å². The minimum atomic E-state index is -0.542. The van der Waals surface area contributed by atoms with E-state index in [2.05, 4.69) is 22.9 Å². The number of benzene rings is 4. The number of hydrogen-bond acceptors (Lipinski definition) is 7. The van der Waals surface area contributed by atoms with Gasteiger partial charge in [-0.15, -0.1) is 11.8 Å². The van der Waals surface area contributed by atoms with Crippen LogP contribution in [0.3, 0.4) is 0 Å². The van der Waals surface area contributed by atoms with Crippen LogP contribution >= 0.6 is 11.8 Å². The Labute approximate surface area is 296 Å². The fraction of sp³-hybridized carbons (Fsp3) is 0.175. The molecule has 3 amide bonds. The highest BCUT2D eigenvalue weighted by Crippen LogP contribution is 2.32. The van der Waals surface area contributed by atoms with Gasteiger partial charge in [-0.05, 0) is 98.3 Å². The second-order valence-corrected chi connectivity index (χ2v) is 12.6. The van der Waals surface area contributed by atoms with Crippen molar-refractivity contribution < 1.29 is 28.3 Å². The molecule has 0 aliphatic heterocycles. The van der Waals surface area contributed by atoms with Crippen LogP contribution in [0.4, 0.5) is 11.4 Å². The average molecular weight is 690 g/mol. The molecule has 50 heavy (non-hydrogen) atoms. The zero-order valence-corrected chi connectivity index (χ0v) is 28.9. The van der Waals surface area contributed by atoms with Crippen LogP contribution in [0, 0.1) is 0 Å². The van der Waals surface area contributed by atoms with E-state index in [1.165, 1.54) is 17.8 Å². The van der Waals surface area contributed by atoms with Gasteiger partial charge in [-0.2, -0.15) is 0 Å². The molecule has 0 unspecified atom stereocenters. The number of unbranched alkanes of at least 4 members (excludes halogenated alkanes) is 1. The Kier molecular flexibility index (Phi) is 12.5. The first-order valence-corrected chi connectivity index (χ1v) is 17.1. The summed E-state index contributed by atoms with van der Waals surface area (Å²) in [4.78, 5) is 40.4. The second-order valence-electron chi connectivity index (χ2n) is 11.2. The highest BCUT2D eigenvalue weighted by atomic mass is 32.2. The highest BCUT2D eigenvalue weighted by molar-refractivity contribution is 8.00. The monoisotopic (exact) mass is 689 g/mol. The van der Waals surface area contributed by atoms with E-state index in [1.54, 1.807) is 61.7 Å². The maximum Gasteiger partial charge on any atom is 0.272 e. The van der Waals surface area contributed by atoms with Crippen LogP contribution in [-0.4, -0.2) is 36.7 Å². The number of para-hydroxylation sites is 1. The van der Waals surface area contributed by atoms with Gasteiger partial charge in [-0.1, -0.05) is 43.7 Å². The molecule has 3 N–H and O–H groups in total. The fourth-order valence-corrected chi connectivity index (χ4v) is 5.66. The lowest BCUT2D eigenvalue weighted by molar-refractivity contribution is -0.115. The SMILES string of the molecule is CCCCOc1ccc(NC(=O)[C@H](C)Sc2ccc(NC(=O)/C(=C/c3ccc(-c4ccccc4OC)o3)NC(=O)c3ccccc3)cc2)cc1. The number of furan rings is 1. The Bertz CT molecular complexity index is 1920. The molecule has 0 fully saturated rings. The number of nitrogens with one attached hydrogen (secondary N) is 3. The van der Waals surface area contributed by atoms with Crippen molar-refractivity contribution in [2.45, 2.75) is 36.8 Å². The second kappa shape index (κ2) is 17.6. The molecule has 0 saturated heterocycles. The van der Waals surface area contributed by atoms with E-state index in [0.717, 1.165) is 29.1 Å². The zero-order chi connectivity index (χ0) is 35.3. The van der Waals surface area contributed by atoms with Crippen LogP contribution in [-0.2, 0) is 9.59 Å². The number of carbonyl (C=O) groups is 3. The largest absolute Gasteiger partial charge is 0.496 e. The topological polar surface area (TPSA) is 119 Å². The normalized spacial score (nSPS) is 11.7. The molecule has 5 rings (SSSR count). The van der Waals surface area contributed by atoms with Crippen molar-refractivity contribution >= 4 is 46.9 Å². The van der Waals surface area contributed by atoms with Gasteiger partial charge in [0.15, 0.2) is 0 Å². The minimum Gasteiger partial charge on any atom is -0.496 e. The maximum atomic E-state index is 13.6.